The third kappa shape index (κ3) is 7.19. The number of urea groups is 1. The molecular weight excluding hydrogens is 344 g/mol. The van der Waals surface area contributed by atoms with Gasteiger partial charge in [-0.05, 0) is 57.2 Å². The molecule has 27 heavy (non-hydrogen) atoms. The Labute approximate surface area is 158 Å². The Kier molecular flexibility index (Phi) is 6.54. The zero-order valence-corrected chi connectivity index (χ0v) is 15.6. The third-order valence-electron chi connectivity index (χ3n) is 3.36. The van der Waals surface area contributed by atoms with E-state index in [2.05, 4.69) is 21.3 Å². The normalized spacial score (nSPS) is 10.6. The van der Waals surface area contributed by atoms with Gasteiger partial charge in [0.1, 0.15) is 0 Å². The average Bonchev–Trinajstić information content (AvgIpc) is 2.59. The zero-order chi connectivity index (χ0) is 19.9. The van der Waals surface area contributed by atoms with Crippen LogP contribution in [0.2, 0.25) is 0 Å². The maximum Gasteiger partial charge on any atom is 0.323 e. The van der Waals surface area contributed by atoms with Gasteiger partial charge in [0.05, 0.1) is 6.54 Å². The van der Waals surface area contributed by atoms with Crippen molar-refractivity contribution in [1.82, 2.24) is 10.6 Å². The topological polar surface area (TPSA) is 99.3 Å². The standard InChI is InChI=1S/C20H24N4O3/c1-20(2,3)24-17(25)13-21-18(26)14-9-11-16(12-10-14)23-19(27)22-15-7-5-4-6-8-15/h4-12H,13H2,1-3H3,(H,21,26)(H,24,25)(H2,22,23,27). The second-order valence-corrected chi connectivity index (χ2v) is 7.00. The number of amides is 4. The number of hydrogen-bond acceptors (Lipinski definition) is 3. The van der Waals surface area contributed by atoms with Gasteiger partial charge in [-0.25, -0.2) is 4.79 Å². The number of hydrogen-bond donors (Lipinski definition) is 4. The number of rotatable bonds is 5. The number of para-hydroxylation sites is 1. The Morgan fingerprint density at radius 3 is 1.93 bits per heavy atom. The van der Waals surface area contributed by atoms with Gasteiger partial charge in [0.15, 0.2) is 0 Å². The fraction of sp³-hybridized carbons (Fsp3) is 0.250. The van der Waals surface area contributed by atoms with Gasteiger partial charge in [-0.1, -0.05) is 18.2 Å². The van der Waals surface area contributed by atoms with E-state index in [-0.39, 0.29) is 29.9 Å². The predicted molar refractivity (Wildman–Crippen MR) is 106 cm³/mol. The van der Waals surface area contributed by atoms with E-state index in [0.29, 0.717) is 16.9 Å². The van der Waals surface area contributed by atoms with E-state index in [9.17, 15) is 14.4 Å². The van der Waals surface area contributed by atoms with Gasteiger partial charge in [0.25, 0.3) is 5.91 Å². The molecule has 0 spiro atoms. The molecule has 4 amide bonds. The summed E-state index contributed by atoms with van der Waals surface area (Å²) in [4.78, 5) is 35.8. The van der Waals surface area contributed by atoms with E-state index in [4.69, 9.17) is 0 Å². The Bertz CT molecular complexity index is 796. The Hall–Kier alpha value is -3.35. The van der Waals surface area contributed by atoms with Crippen molar-refractivity contribution in [1.29, 1.82) is 0 Å². The van der Waals surface area contributed by atoms with Gasteiger partial charge in [0, 0.05) is 22.5 Å². The molecule has 4 N–H and O–H groups in total. The first kappa shape index (κ1) is 20.0. The molecule has 142 valence electrons. The molecule has 0 bridgehead atoms. The van der Waals surface area contributed by atoms with Crippen molar-refractivity contribution in [2.45, 2.75) is 26.3 Å². The molecule has 2 aromatic carbocycles. The lowest BCUT2D eigenvalue weighted by Gasteiger charge is -2.20. The lowest BCUT2D eigenvalue weighted by Crippen LogP contribution is -2.45. The number of carbonyl (C=O) groups is 3. The minimum atomic E-state index is -0.378. The second-order valence-electron chi connectivity index (χ2n) is 7.00. The fourth-order valence-corrected chi connectivity index (χ4v) is 2.24. The molecule has 0 aliphatic heterocycles. The van der Waals surface area contributed by atoms with E-state index < -0.39 is 0 Å². The Balaban J connectivity index is 1.84. The van der Waals surface area contributed by atoms with Gasteiger partial charge >= 0.3 is 6.03 Å². The van der Waals surface area contributed by atoms with Crippen molar-refractivity contribution in [2.24, 2.45) is 0 Å². The van der Waals surface area contributed by atoms with Gasteiger partial charge in [-0.15, -0.1) is 0 Å². The molecule has 0 radical (unpaired) electrons. The summed E-state index contributed by atoms with van der Waals surface area (Å²) in [7, 11) is 0. The summed E-state index contributed by atoms with van der Waals surface area (Å²) in [5.74, 6) is -0.619. The zero-order valence-electron chi connectivity index (χ0n) is 15.6. The minimum absolute atomic E-state index is 0.102. The Morgan fingerprint density at radius 2 is 1.37 bits per heavy atom. The van der Waals surface area contributed by atoms with Crippen molar-refractivity contribution in [3.8, 4) is 0 Å². The van der Waals surface area contributed by atoms with Crippen LogP contribution in [0.15, 0.2) is 54.6 Å². The molecule has 2 rings (SSSR count). The summed E-state index contributed by atoms with van der Waals surface area (Å²) in [6, 6.07) is 15.1. The van der Waals surface area contributed by atoms with Gasteiger partial charge in [-0.3, -0.25) is 9.59 Å². The molecule has 0 fully saturated rings. The third-order valence-corrected chi connectivity index (χ3v) is 3.36. The van der Waals surface area contributed by atoms with E-state index >= 15 is 0 Å². The van der Waals surface area contributed by atoms with Crippen molar-refractivity contribution in [3.05, 3.63) is 60.2 Å². The van der Waals surface area contributed by atoms with Crippen LogP contribution in [0.1, 0.15) is 31.1 Å². The summed E-state index contributed by atoms with van der Waals surface area (Å²) in [5, 5.41) is 10.7. The van der Waals surface area contributed by atoms with Gasteiger partial charge in [0.2, 0.25) is 5.91 Å². The summed E-state index contributed by atoms with van der Waals surface area (Å²) in [6.07, 6.45) is 0. The van der Waals surface area contributed by atoms with Crippen molar-refractivity contribution < 1.29 is 14.4 Å². The van der Waals surface area contributed by atoms with Crippen molar-refractivity contribution >= 4 is 29.2 Å². The SMILES string of the molecule is CC(C)(C)NC(=O)CNC(=O)c1ccc(NC(=O)Nc2ccccc2)cc1. The van der Waals surface area contributed by atoms with Crippen molar-refractivity contribution in [2.75, 3.05) is 17.2 Å². The first-order valence-electron chi connectivity index (χ1n) is 8.55. The molecule has 0 saturated carbocycles. The van der Waals surface area contributed by atoms with Crippen LogP contribution in [-0.2, 0) is 4.79 Å². The minimum Gasteiger partial charge on any atom is -0.350 e. The monoisotopic (exact) mass is 368 g/mol. The van der Waals surface area contributed by atoms with Crippen LogP contribution in [0, 0.1) is 0 Å². The average molecular weight is 368 g/mol. The van der Waals surface area contributed by atoms with Crippen molar-refractivity contribution in [3.63, 3.8) is 0 Å². The van der Waals surface area contributed by atoms with E-state index in [1.54, 1.807) is 36.4 Å². The fourth-order valence-electron chi connectivity index (χ4n) is 2.24. The van der Waals surface area contributed by atoms with Crippen LogP contribution in [0.3, 0.4) is 0 Å². The number of nitrogens with one attached hydrogen (secondary N) is 4. The molecule has 0 unspecified atom stereocenters. The molecule has 7 heteroatoms. The maximum atomic E-state index is 12.1. The molecule has 0 atom stereocenters. The van der Waals surface area contributed by atoms with Crippen LogP contribution in [0.5, 0.6) is 0 Å². The van der Waals surface area contributed by atoms with E-state index in [1.165, 1.54) is 0 Å². The molecule has 2 aromatic rings. The molecule has 0 saturated heterocycles. The van der Waals surface area contributed by atoms with Gasteiger partial charge in [-0.2, -0.15) is 0 Å². The second kappa shape index (κ2) is 8.84. The molecular formula is C20H24N4O3. The first-order valence-corrected chi connectivity index (χ1v) is 8.55. The lowest BCUT2D eigenvalue weighted by atomic mass is 10.1. The maximum absolute atomic E-state index is 12.1. The Morgan fingerprint density at radius 1 is 0.815 bits per heavy atom. The summed E-state index contributed by atoms with van der Waals surface area (Å²) in [6.45, 7) is 5.50. The smallest absolute Gasteiger partial charge is 0.323 e. The lowest BCUT2D eigenvalue weighted by molar-refractivity contribution is -0.121. The molecule has 0 aromatic heterocycles. The summed E-state index contributed by atoms with van der Waals surface area (Å²) in [5.41, 5.74) is 1.27. The van der Waals surface area contributed by atoms with Crippen LogP contribution < -0.4 is 21.3 Å². The molecule has 0 aliphatic carbocycles. The summed E-state index contributed by atoms with van der Waals surface area (Å²) >= 11 is 0. The highest BCUT2D eigenvalue weighted by atomic mass is 16.2. The quantitative estimate of drug-likeness (QED) is 0.653. The van der Waals surface area contributed by atoms with Crippen LogP contribution in [0.25, 0.3) is 0 Å². The van der Waals surface area contributed by atoms with E-state index in [1.807, 2.05) is 39.0 Å². The highest BCUT2D eigenvalue weighted by Crippen LogP contribution is 2.11. The highest BCUT2D eigenvalue weighted by Gasteiger charge is 2.14. The van der Waals surface area contributed by atoms with Crippen LogP contribution in [-0.4, -0.2) is 29.9 Å². The number of carbonyl (C=O) groups excluding carboxylic acids is 3. The van der Waals surface area contributed by atoms with E-state index in [0.717, 1.165) is 0 Å². The molecule has 0 aliphatic rings. The van der Waals surface area contributed by atoms with Crippen LogP contribution in [0.4, 0.5) is 16.2 Å². The number of benzene rings is 2. The summed E-state index contributed by atoms with van der Waals surface area (Å²) < 4.78 is 0. The highest BCUT2D eigenvalue weighted by molar-refractivity contribution is 6.00. The molecule has 0 heterocycles. The molecule has 7 nitrogen and oxygen atoms in total. The largest absolute Gasteiger partial charge is 0.350 e. The first-order chi connectivity index (χ1) is 12.7. The predicted octanol–water partition coefficient (Wildman–Crippen LogP) is 2.98. The van der Waals surface area contributed by atoms with Gasteiger partial charge < -0.3 is 21.3 Å². The van der Waals surface area contributed by atoms with Crippen LogP contribution >= 0.6 is 0 Å². The number of anilines is 2.